The number of hydrogen-bond acceptors (Lipinski definition) is 5. The number of amides is 2. The van der Waals surface area contributed by atoms with Gasteiger partial charge in [-0.25, -0.2) is 4.52 Å². The third-order valence-corrected chi connectivity index (χ3v) is 6.54. The van der Waals surface area contributed by atoms with Crippen LogP contribution in [-0.4, -0.2) is 44.5 Å². The number of carbonyl (C=O) groups excluding carboxylic acids is 2. The van der Waals surface area contributed by atoms with Crippen molar-refractivity contribution >= 4 is 23.0 Å². The van der Waals surface area contributed by atoms with Crippen molar-refractivity contribution in [3.63, 3.8) is 0 Å². The number of hydrogen-bond donors (Lipinski definition) is 2. The number of rotatable bonds is 6. The predicted octanol–water partition coefficient (Wildman–Crippen LogP) is 3.47. The van der Waals surface area contributed by atoms with Crippen molar-refractivity contribution in [1.29, 1.82) is 0 Å². The molecule has 0 bridgehead atoms. The molecule has 0 atom stereocenters. The van der Waals surface area contributed by atoms with Crippen LogP contribution in [0, 0.1) is 6.92 Å². The third-order valence-electron chi connectivity index (χ3n) is 6.54. The standard InChI is InChI=1S/C25H32N6O2/c1-15(2)31(20-7-5-19(6-8-20)29-17(4)32)24-22(25(26)33)13-28-30-14-18(11-23(24)30)21-12-27-10-9-16(21)3/h9-15,19-20H,5-8H2,1-4H3,(H2,26,33)(H,29,32). The number of anilines is 1. The molecule has 3 N–H and O–H groups in total. The van der Waals surface area contributed by atoms with Crippen LogP contribution >= 0.6 is 0 Å². The molecule has 174 valence electrons. The Hall–Kier alpha value is -3.42. The van der Waals surface area contributed by atoms with Crippen LogP contribution in [0.2, 0.25) is 0 Å². The fraction of sp³-hybridized carbons (Fsp3) is 0.440. The van der Waals surface area contributed by atoms with Crippen LogP contribution in [-0.2, 0) is 4.79 Å². The molecule has 0 unspecified atom stereocenters. The van der Waals surface area contributed by atoms with Crippen molar-refractivity contribution in [2.24, 2.45) is 5.73 Å². The summed E-state index contributed by atoms with van der Waals surface area (Å²) in [4.78, 5) is 30.5. The second-order valence-electron chi connectivity index (χ2n) is 9.23. The second-order valence-corrected chi connectivity index (χ2v) is 9.23. The molecule has 1 aliphatic carbocycles. The Morgan fingerprint density at radius 2 is 1.94 bits per heavy atom. The van der Waals surface area contributed by atoms with Crippen LogP contribution in [0.15, 0.2) is 36.9 Å². The molecule has 2 amide bonds. The van der Waals surface area contributed by atoms with Gasteiger partial charge in [0.05, 0.1) is 23.0 Å². The highest BCUT2D eigenvalue weighted by molar-refractivity contribution is 6.02. The average molecular weight is 449 g/mol. The van der Waals surface area contributed by atoms with E-state index in [1.54, 1.807) is 19.3 Å². The molecule has 3 aromatic rings. The van der Waals surface area contributed by atoms with Gasteiger partial charge in [-0.3, -0.25) is 14.6 Å². The Morgan fingerprint density at radius 3 is 2.55 bits per heavy atom. The summed E-state index contributed by atoms with van der Waals surface area (Å²) in [5.74, 6) is -0.477. The maximum Gasteiger partial charge on any atom is 0.252 e. The number of primary amides is 1. The van der Waals surface area contributed by atoms with E-state index in [0.29, 0.717) is 5.56 Å². The smallest absolute Gasteiger partial charge is 0.252 e. The molecule has 3 aromatic heterocycles. The molecule has 0 radical (unpaired) electrons. The molecule has 33 heavy (non-hydrogen) atoms. The zero-order chi connectivity index (χ0) is 23.7. The zero-order valence-corrected chi connectivity index (χ0v) is 19.7. The average Bonchev–Trinajstić information content (AvgIpc) is 3.19. The van der Waals surface area contributed by atoms with E-state index in [9.17, 15) is 9.59 Å². The molecule has 0 saturated heterocycles. The van der Waals surface area contributed by atoms with Gasteiger partial charge in [0.15, 0.2) is 0 Å². The van der Waals surface area contributed by atoms with E-state index in [1.807, 2.05) is 23.0 Å². The maximum atomic E-state index is 12.5. The summed E-state index contributed by atoms with van der Waals surface area (Å²) in [6.45, 7) is 7.89. The molecule has 3 heterocycles. The number of carbonyl (C=O) groups is 2. The lowest BCUT2D eigenvalue weighted by Crippen LogP contribution is -2.47. The molecule has 8 nitrogen and oxygen atoms in total. The fourth-order valence-electron chi connectivity index (χ4n) is 5.06. The maximum absolute atomic E-state index is 12.5. The van der Waals surface area contributed by atoms with Gasteiger partial charge in [0.2, 0.25) is 5.91 Å². The summed E-state index contributed by atoms with van der Waals surface area (Å²) in [5, 5.41) is 7.54. The first-order chi connectivity index (χ1) is 15.8. The van der Waals surface area contributed by atoms with Crippen LogP contribution in [0.5, 0.6) is 0 Å². The number of fused-ring (bicyclic) bond motifs is 1. The third kappa shape index (κ3) is 4.55. The van der Waals surface area contributed by atoms with Gasteiger partial charge in [-0.15, -0.1) is 0 Å². The van der Waals surface area contributed by atoms with Gasteiger partial charge in [-0.05, 0) is 64.2 Å². The topological polar surface area (TPSA) is 106 Å². The van der Waals surface area contributed by atoms with E-state index in [1.165, 1.54) is 0 Å². The quantitative estimate of drug-likeness (QED) is 0.601. The molecule has 0 aromatic carbocycles. The molecule has 0 aliphatic heterocycles. The number of nitrogens with two attached hydrogens (primary N) is 1. The molecule has 1 aliphatic rings. The molecule has 1 saturated carbocycles. The first-order valence-corrected chi connectivity index (χ1v) is 11.5. The minimum absolute atomic E-state index is 0.0115. The summed E-state index contributed by atoms with van der Waals surface area (Å²) in [5.41, 5.74) is 11.1. The largest absolute Gasteiger partial charge is 0.365 e. The second kappa shape index (κ2) is 9.21. The number of nitrogens with one attached hydrogen (secondary N) is 1. The lowest BCUT2D eigenvalue weighted by atomic mass is 9.88. The monoisotopic (exact) mass is 448 g/mol. The number of aryl methyl sites for hydroxylation is 1. The normalized spacial score (nSPS) is 18.5. The predicted molar refractivity (Wildman–Crippen MR) is 129 cm³/mol. The Balaban J connectivity index is 1.79. The molecule has 8 heteroatoms. The van der Waals surface area contributed by atoms with E-state index in [-0.39, 0.29) is 24.0 Å². The van der Waals surface area contributed by atoms with E-state index in [4.69, 9.17) is 5.73 Å². The van der Waals surface area contributed by atoms with Gasteiger partial charge in [0, 0.05) is 54.8 Å². The number of nitrogens with zero attached hydrogens (tertiary/aromatic N) is 4. The van der Waals surface area contributed by atoms with E-state index < -0.39 is 5.91 Å². The van der Waals surface area contributed by atoms with Crippen molar-refractivity contribution in [2.45, 2.75) is 71.5 Å². The fourth-order valence-corrected chi connectivity index (χ4v) is 5.06. The van der Waals surface area contributed by atoms with Gasteiger partial charge in [-0.2, -0.15) is 5.10 Å². The highest BCUT2D eigenvalue weighted by Crippen LogP contribution is 2.36. The van der Waals surface area contributed by atoms with E-state index in [0.717, 1.165) is 53.6 Å². The van der Waals surface area contributed by atoms with Crippen molar-refractivity contribution in [3.05, 3.63) is 48.0 Å². The minimum Gasteiger partial charge on any atom is -0.365 e. The van der Waals surface area contributed by atoms with Crippen molar-refractivity contribution < 1.29 is 9.59 Å². The number of aromatic nitrogens is 3. The van der Waals surface area contributed by atoms with Crippen LogP contribution in [0.4, 0.5) is 5.69 Å². The van der Waals surface area contributed by atoms with E-state index in [2.05, 4.69) is 47.1 Å². The lowest BCUT2D eigenvalue weighted by Gasteiger charge is -2.41. The first kappa shape index (κ1) is 22.8. The summed E-state index contributed by atoms with van der Waals surface area (Å²) in [6.07, 6.45) is 10.8. The van der Waals surface area contributed by atoms with Gasteiger partial charge >= 0.3 is 0 Å². The Bertz CT molecular complexity index is 1180. The number of pyridine rings is 1. The van der Waals surface area contributed by atoms with Crippen molar-refractivity contribution in [1.82, 2.24) is 19.9 Å². The molecule has 0 spiro atoms. The summed E-state index contributed by atoms with van der Waals surface area (Å²) in [7, 11) is 0. The van der Waals surface area contributed by atoms with Gasteiger partial charge in [0.25, 0.3) is 5.91 Å². The summed E-state index contributed by atoms with van der Waals surface area (Å²) < 4.78 is 1.82. The summed E-state index contributed by atoms with van der Waals surface area (Å²) in [6, 6.07) is 4.63. The van der Waals surface area contributed by atoms with Gasteiger partial charge < -0.3 is 16.0 Å². The molecule has 4 rings (SSSR count). The Labute approximate surface area is 194 Å². The molecule has 1 fully saturated rings. The van der Waals surface area contributed by atoms with Crippen molar-refractivity contribution in [3.8, 4) is 11.1 Å². The van der Waals surface area contributed by atoms with Crippen LogP contribution in [0.1, 0.15) is 62.4 Å². The van der Waals surface area contributed by atoms with Gasteiger partial charge in [-0.1, -0.05) is 0 Å². The highest BCUT2D eigenvalue weighted by atomic mass is 16.1. The summed E-state index contributed by atoms with van der Waals surface area (Å²) >= 11 is 0. The van der Waals surface area contributed by atoms with Crippen LogP contribution in [0.25, 0.3) is 16.6 Å². The van der Waals surface area contributed by atoms with E-state index >= 15 is 0 Å². The highest BCUT2D eigenvalue weighted by Gasteiger charge is 2.31. The Kier molecular flexibility index (Phi) is 6.35. The zero-order valence-electron chi connectivity index (χ0n) is 19.7. The Morgan fingerprint density at radius 1 is 1.21 bits per heavy atom. The van der Waals surface area contributed by atoms with Gasteiger partial charge in [0.1, 0.15) is 0 Å². The molecular weight excluding hydrogens is 416 g/mol. The van der Waals surface area contributed by atoms with Crippen molar-refractivity contribution in [2.75, 3.05) is 4.90 Å². The first-order valence-electron chi connectivity index (χ1n) is 11.5. The van der Waals surface area contributed by atoms with Crippen LogP contribution < -0.4 is 16.0 Å². The van der Waals surface area contributed by atoms with Crippen LogP contribution in [0.3, 0.4) is 0 Å². The minimum atomic E-state index is -0.488. The lowest BCUT2D eigenvalue weighted by molar-refractivity contribution is -0.119. The molecular formula is C25H32N6O2. The SMILES string of the molecule is CC(=O)NC1CCC(N(c2c(C(N)=O)cnn3cc(-c4cnccc4C)cc23)C(C)C)CC1.